The second-order valence-electron chi connectivity index (χ2n) is 21.5. The van der Waals surface area contributed by atoms with E-state index in [1.165, 1.54) is 12.0 Å². The Kier molecular flexibility index (Phi) is 20.4. The number of aryl methyl sites for hydroxylation is 1. The van der Waals surface area contributed by atoms with Crippen molar-refractivity contribution in [1.29, 1.82) is 0 Å². The molecule has 10 N–H and O–H groups in total. The summed E-state index contributed by atoms with van der Waals surface area (Å²) >= 11 is 0. The Labute approximate surface area is 482 Å². The van der Waals surface area contributed by atoms with E-state index in [0.29, 0.717) is 54.3 Å². The third-order valence-electron chi connectivity index (χ3n) is 15.6. The largest absolute Gasteiger partial charge is 0.497 e. The van der Waals surface area contributed by atoms with Crippen LogP contribution < -0.4 is 52.4 Å². The molecule has 7 amide bonds. The van der Waals surface area contributed by atoms with Crippen LogP contribution in [-0.2, 0) is 65.8 Å². The number of carbonyl (C=O) groups is 7. The fourth-order valence-electron chi connectivity index (χ4n) is 11.0. The first-order valence-electron chi connectivity index (χ1n) is 28.5. The van der Waals surface area contributed by atoms with Crippen molar-refractivity contribution in [2.24, 2.45) is 11.7 Å². The van der Waals surface area contributed by atoms with Gasteiger partial charge in [-0.05, 0) is 109 Å². The highest BCUT2D eigenvalue weighted by atomic mass is 16.6. The van der Waals surface area contributed by atoms with Crippen molar-refractivity contribution < 1.29 is 47.8 Å². The summed E-state index contributed by atoms with van der Waals surface area (Å²) in [4.78, 5) is 109. The van der Waals surface area contributed by atoms with Gasteiger partial charge in [0.25, 0.3) is 0 Å². The zero-order valence-electron chi connectivity index (χ0n) is 46.6. The zero-order chi connectivity index (χ0) is 58.1. The van der Waals surface area contributed by atoms with E-state index in [4.69, 9.17) is 19.9 Å². The molecule has 5 aromatic carbocycles. The van der Waals surface area contributed by atoms with Crippen molar-refractivity contribution in [2.75, 3.05) is 39.8 Å². The van der Waals surface area contributed by atoms with Gasteiger partial charge in [-0.1, -0.05) is 103 Å². The number of nitrogens with two attached hydrogens (primary N) is 1. The molecule has 3 aliphatic rings. The number of para-hydroxylation sites is 1. The summed E-state index contributed by atoms with van der Waals surface area (Å²) in [6.07, 6.45) is 1.71. The zero-order valence-corrected chi connectivity index (χ0v) is 46.6. The van der Waals surface area contributed by atoms with Gasteiger partial charge in [-0.25, -0.2) is 4.79 Å². The topological polar surface area (TPSA) is 276 Å². The first-order chi connectivity index (χ1) is 40.4. The molecule has 0 saturated carbocycles. The molecular weight excluding hydrogens is 1060 g/mol. The van der Waals surface area contributed by atoms with Crippen molar-refractivity contribution in [3.05, 3.63) is 167 Å². The summed E-state index contributed by atoms with van der Waals surface area (Å²) in [5.74, 6) is -2.98. The number of piperidine rings is 1. The maximum Gasteiger partial charge on any atom is 0.407 e. The van der Waals surface area contributed by atoms with E-state index in [0.717, 1.165) is 34.9 Å². The molecule has 3 fully saturated rings. The van der Waals surface area contributed by atoms with Crippen LogP contribution in [0.5, 0.6) is 11.5 Å². The molecule has 0 aliphatic carbocycles. The lowest BCUT2D eigenvalue weighted by molar-refractivity contribution is -0.143. The minimum Gasteiger partial charge on any atom is -0.497 e. The minimum atomic E-state index is -1.37. The molecular formula is C63H74N10O10. The minimum absolute atomic E-state index is 0.000416. The number of rotatable bonds is 18. The number of methoxy groups -OCH3 is 1. The predicted molar refractivity (Wildman–Crippen MR) is 312 cm³/mol. The number of nitrogens with zero attached hydrogens (tertiary/aromatic N) is 1. The number of hydrogen-bond acceptors (Lipinski definition) is 12. The van der Waals surface area contributed by atoms with Gasteiger partial charge in [-0.3, -0.25) is 28.8 Å². The quantitative estimate of drug-likeness (QED) is 0.0593. The summed E-state index contributed by atoms with van der Waals surface area (Å²) in [7, 11) is 1.53. The highest BCUT2D eigenvalue weighted by molar-refractivity contribution is 5.99. The van der Waals surface area contributed by atoms with E-state index in [1.54, 1.807) is 54.7 Å². The first-order valence-corrected chi connectivity index (χ1v) is 28.5. The van der Waals surface area contributed by atoms with E-state index in [2.05, 4.69) is 42.2 Å². The molecule has 20 heteroatoms. The number of fused-ring (bicyclic) bond motifs is 2. The van der Waals surface area contributed by atoms with Crippen LogP contribution in [0.2, 0.25) is 0 Å². The molecule has 6 aromatic rings. The van der Waals surface area contributed by atoms with E-state index < -0.39 is 83.9 Å². The predicted octanol–water partition coefficient (Wildman–Crippen LogP) is 3.90. The molecule has 9 rings (SSSR count). The van der Waals surface area contributed by atoms with Crippen LogP contribution in [-0.4, -0.2) is 134 Å². The van der Waals surface area contributed by atoms with Crippen LogP contribution in [0.3, 0.4) is 0 Å². The average Bonchev–Trinajstić information content (AvgIpc) is 4.38. The fourth-order valence-corrected chi connectivity index (χ4v) is 11.0. The Morgan fingerprint density at radius 2 is 1.18 bits per heavy atom. The smallest absolute Gasteiger partial charge is 0.407 e. The molecule has 7 atom stereocenters. The molecule has 0 spiro atoms. The molecule has 4 heterocycles. The van der Waals surface area contributed by atoms with Gasteiger partial charge in [0.15, 0.2) is 0 Å². The third kappa shape index (κ3) is 16.3. The van der Waals surface area contributed by atoms with Crippen molar-refractivity contribution in [2.45, 2.75) is 107 Å². The van der Waals surface area contributed by atoms with Gasteiger partial charge < -0.3 is 67.0 Å². The Morgan fingerprint density at radius 3 is 1.86 bits per heavy atom. The van der Waals surface area contributed by atoms with Gasteiger partial charge in [0, 0.05) is 55.9 Å². The second-order valence-corrected chi connectivity index (χ2v) is 21.5. The molecule has 436 valence electrons. The van der Waals surface area contributed by atoms with Crippen LogP contribution in [0, 0.1) is 5.92 Å². The van der Waals surface area contributed by atoms with Crippen LogP contribution in [0.15, 0.2) is 140 Å². The number of hydrogen-bond donors (Lipinski definition) is 9. The SMILES string of the molecule is COc1ccc(C[C@@H]2NC(=O)[C@H](Cc3ccc(OCc4ccccc4)cc3)NC(=O)[C@H](CC3CCNCC3)NC(=O)[C@@H](Cc3c[nH]c4ccccc34)NC(=O)[C@@H](CCc3ccccc3)NC(=O)[C@@H]3C[C@@H](OC(=O)NCCN)CN3C2=O)cc1. The van der Waals surface area contributed by atoms with Crippen molar-refractivity contribution in [1.82, 2.24) is 47.1 Å². The van der Waals surface area contributed by atoms with Gasteiger partial charge in [-0.15, -0.1) is 0 Å². The number of benzene rings is 5. The van der Waals surface area contributed by atoms with Crippen LogP contribution in [0.1, 0.15) is 59.9 Å². The number of carbonyl (C=O) groups excluding carboxylic acids is 7. The number of nitrogens with one attached hydrogen (secondary N) is 8. The fraction of sp³-hybridized carbons (Fsp3) is 0.381. The molecule has 83 heavy (non-hydrogen) atoms. The molecule has 0 unspecified atom stereocenters. The van der Waals surface area contributed by atoms with Gasteiger partial charge in [0.2, 0.25) is 35.4 Å². The van der Waals surface area contributed by atoms with Crippen molar-refractivity contribution in [3.8, 4) is 11.5 Å². The number of alkyl carbamates (subject to hydrolysis) is 1. The van der Waals surface area contributed by atoms with Gasteiger partial charge in [-0.2, -0.15) is 0 Å². The van der Waals surface area contributed by atoms with E-state index in [-0.39, 0.29) is 64.1 Å². The van der Waals surface area contributed by atoms with Gasteiger partial charge in [0.05, 0.1) is 13.7 Å². The number of ether oxygens (including phenoxy) is 3. The van der Waals surface area contributed by atoms with Crippen LogP contribution in [0.4, 0.5) is 4.79 Å². The summed E-state index contributed by atoms with van der Waals surface area (Å²) in [5, 5.41) is 21.7. The van der Waals surface area contributed by atoms with Crippen LogP contribution >= 0.6 is 0 Å². The Morgan fingerprint density at radius 1 is 0.614 bits per heavy atom. The number of aromatic amines is 1. The maximum absolute atomic E-state index is 15.5. The molecule has 0 bridgehead atoms. The molecule has 20 nitrogen and oxygen atoms in total. The Balaban J connectivity index is 1.11. The molecule has 3 aliphatic heterocycles. The highest BCUT2D eigenvalue weighted by Gasteiger charge is 2.45. The lowest BCUT2D eigenvalue weighted by Gasteiger charge is -2.32. The number of aromatic nitrogens is 1. The normalized spacial score (nSPS) is 22.2. The summed E-state index contributed by atoms with van der Waals surface area (Å²) < 4.78 is 17.3. The molecule has 0 radical (unpaired) electrons. The van der Waals surface area contributed by atoms with Gasteiger partial charge >= 0.3 is 6.09 Å². The lowest BCUT2D eigenvalue weighted by atomic mass is 9.90. The Hall–Kier alpha value is -8.75. The highest BCUT2D eigenvalue weighted by Crippen LogP contribution is 2.26. The average molecular weight is 1130 g/mol. The molecule has 1 aromatic heterocycles. The van der Waals surface area contributed by atoms with E-state index in [1.807, 2.05) is 84.9 Å². The summed E-state index contributed by atoms with van der Waals surface area (Å²) in [6, 6.07) is 33.0. The van der Waals surface area contributed by atoms with Gasteiger partial charge in [0.1, 0.15) is 60.5 Å². The Bertz CT molecular complexity index is 3160. The van der Waals surface area contributed by atoms with Crippen LogP contribution in [0.25, 0.3) is 10.9 Å². The standard InChI is InChI=1S/C63H74N10O10/c1-81-46-21-16-42(17-22-46)34-55-62(79)73-38-48(83-63(80)66-31-28-64)36-56(73)61(78)68-51(25-20-40-10-4-2-5-11-40)57(74)71-54(35-45-37-67-50-15-9-8-14-49(45)50)60(77)70-53(33-43-26-29-65-30-27-43)58(75)69-52(59(76)72-55)32-41-18-23-47(24-19-41)82-39-44-12-6-3-7-13-44/h2-19,21-24,37,43,48,51-56,65,67H,20,25-36,38-39,64H2,1H3,(H,66,80)(H,68,78)(H,69,75)(H,70,77)(H,71,74)(H,72,76)/t48-,51-,52+,53+,54-,55+,56+/m1/s1. The third-order valence-corrected chi connectivity index (χ3v) is 15.6. The second kappa shape index (κ2) is 28.8. The summed E-state index contributed by atoms with van der Waals surface area (Å²) in [6.45, 7) is 1.71. The number of H-pyrrole nitrogens is 1. The van der Waals surface area contributed by atoms with Crippen molar-refractivity contribution in [3.63, 3.8) is 0 Å². The van der Waals surface area contributed by atoms with E-state index in [9.17, 15) is 4.79 Å². The maximum atomic E-state index is 15.5. The lowest BCUT2D eigenvalue weighted by Crippen LogP contribution is -2.62. The summed E-state index contributed by atoms with van der Waals surface area (Å²) in [5.41, 5.74) is 10.3. The van der Waals surface area contributed by atoms with Crippen molar-refractivity contribution >= 4 is 52.4 Å². The number of amides is 7. The molecule has 3 saturated heterocycles. The monoisotopic (exact) mass is 1130 g/mol. The first kappa shape index (κ1) is 58.9. The van der Waals surface area contributed by atoms with E-state index >= 15 is 28.8 Å².